The second-order valence-electron chi connectivity index (χ2n) is 5.71. The average Bonchev–Trinajstić information content (AvgIpc) is 2.89. The molecule has 0 aliphatic carbocycles. The molecule has 0 aromatic heterocycles. The molecular formula is C19H20N2O3S. The van der Waals surface area contributed by atoms with E-state index in [1.54, 1.807) is 25.2 Å². The topological polar surface area (TPSA) is 50.8 Å². The molecule has 1 fully saturated rings. The molecule has 6 heteroatoms. The highest BCUT2D eigenvalue weighted by atomic mass is 32.1. The van der Waals surface area contributed by atoms with E-state index in [9.17, 15) is 4.79 Å². The van der Waals surface area contributed by atoms with Gasteiger partial charge in [0.2, 0.25) is 0 Å². The van der Waals surface area contributed by atoms with Crippen molar-refractivity contribution in [1.29, 1.82) is 0 Å². The molecule has 1 aliphatic rings. The molecule has 0 unspecified atom stereocenters. The van der Waals surface area contributed by atoms with Crippen molar-refractivity contribution in [2.45, 2.75) is 13.3 Å². The zero-order chi connectivity index (χ0) is 18.0. The second-order valence-corrected chi connectivity index (χ2v) is 6.10. The highest BCUT2D eigenvalue weighted by Crippen LogP contribution is 2.33. The largest absolute Gasteiger partial charge is 0.497 e. The van der Waals surface area contributed by atoms with Crippen LogP contribution in [0.2, 0.25) is 0 Å². The molecule has 2 aromatic carbocycles. The van der Waals surface area contributed by atoms with Gasteiger partial charge in [0.1, 0.15) is 17.2 Å². The fourth-order valence-corrected chi connectivity index (χ4v) is 3.18. The van der Waals surface area contributed by atoms with Crippen molar-refractivity contribution in [2.75, 3.05) is 20.8 Å². The molecule has 1 saturated heterocycles. The number of ether oxygens (including phenoxy) is 2. The van der Waals surface area contributed by atoms with Gasteiger partial charge < -0.3 is 14.8 Å². The lowest BCUT2D eigenvalue weighted by molar-refractivity contribution is -0.122. The van der Waals surface area contributed by atoms with Crippen LogP contribution in [0.1, 0.15) is 18.9 Å². The molecule has 0 radical (unpaired) electrons. The van der Waals surface area contributed by atoms with E-state index in [4.69, 9.17) is 21.7 Å². The number of fused-ring (bicyclic) bond motifs is 1. The molecule has 25 heavy (non-hydrogen) atoms. The van der Waals surface area contributed by atoms with Crippen molar-refractivity contribution < 1.29 is 14.3 Å². The van der Waals surface area contributed by atoms with Crippen LogP contribution < -0.4 is 14.8 Å². The Morgan fingerprint density at radius 3 is 2.64 bits per heavy atom. The molecule has 1 N–H and O–H groups in total. The van der Waals surface area contributed by atoms with E-state index in [1.165, 1.54) is 0 Å². The number of carbonyl (C=O) groups is 1. The first-order valence-electron chi connectivity index (χ1n) is 8.08. The van der Waals surface area contributed by atoms with Gasteiger partial charge in [-0.1, -0.05) is 19.1 Å². The van der Waals surface area contributed by atoms with Gasteiger partial charge in [0.25, 0.3) is 5.91 Å². The van der Waals surface area contributed by atoms with E-state index in [2.05, 4.69) is 5.32 Å². The predicted molar refractivity (Wildman–Crippen MR) is 103 cm³/mol. The summed E-state index contributed by atoms with van der Waals surface area (Å²) in [6, 6.07) is 9.69. The molecule has 130 valence electrons. The summed E-state index contributed by atoms with van der Waals surface area (Å²) >= 11 is 5.27. The van der Waals surface area contributed by atoms with Crippen LogP contribution in [0, 0.1) is 0 Å². The maximum absolute atomic E-state index is 12.6. The van der Waals surface area contributed by atoms with Gasteiger partial charge in [-0.2, -0.15) is 0 Å². The zero-order valence-electron chi connectivity index (χ0n) is 14.5. The van der Waals surface area contributed by atoms with E-state index in [0.717, 1.165) is 28.5 Å². The summed E-state index contributed by atoms with van der Waals surface area (Å²) in [5.41, 5.74) is 1.27. The third-order valence-electron chi connectivity index (χ3n) is 4.15. The van der Waals surface area contributed by atoms with Crippen molar-refractivity contribution >= 4 is 40.1 Å². The van der Waals surface area contributed by atoms with E-state index in [0.29, 0.717) is 23.1 Å². The Balaban J connectivity index is 2.14. The van der Waals surface area contributed by atoms with E-state index < -0.39 is 0 Å². The number of amides is 1. The minimum absolute atomic E-state index is 0.117. The van der Waals surface area contributed by atoms with Crippen LogP contribution in [-0.2, 0) is 4.79 Å². The van der Waals surface area contributed by atoms with Crippen molar-refractivity contribution in [3.05, 3.63) is 41.6 Å². The van der Waals surface area contributed by atoms with Crippen molar-refractivity contribution in [1.82, 2.24) is 10.2 Å². The first-order chi connectivity index (χ1) is 12.1. The number of nitrogens with one attached hydrogen (secondary N) is 1. The summed E-state index contributed by atoms with van der Waals surface area (Å²) in [4.78, 5) is 14.2. The Morgan fingerprint density at radius 1 is 1.20 bits per heavy atom. The molecule has 2 aromatic rings. The van der Waals surface area contributed by atoms with Gasteiger partial charge in [0.05, 0.1) is 14.2 Å². The normalized spacial score (nSPS) is 15.8. The summed E-state index contributed by atoms with van der Waals surface area (Å²) in [6.07, 6.45) is 2.64. The molecule has 0 bridgehead atoms. The van der Waals surface area contributed by atoms with Crippen molar-refractivity contribution in [2.24, 2.45) is 0 Å². The number of hydrogen-bond donors (Lipinski definition) is 1. The van der Waals surface area contributed by atoms with Gasteiger partial charge in [0.15, 0.2) is 5.11 Å². The van der Waals surface area contributed by atoms with Crippen LogP contribution in [0.4, 0.5) is 0 Å². The Morgan fingerprint density at radius 2 is 1.96 bits per heavy atom. The van der Waals surface area contributed by atoms with Gasteiger partial charge in [-0.25, -0.2) is 0 Å². The highest BCUT2D eigenvalue weighted by Gasteiger charge is 2.30. The maximum atomic E-state index is 12.6. The molecule has 1 heterocycles. The molecule has 0 saturated carbocycles. The Hall–Kier alpha value is -2.60. The van der Waals surface area contributed by atoms with E-state index in [-0.39, 0.29) is 5.91 Å². The first kappa shape index (κ1) is 17.2. The van der Waals surface area contributed by atoms with Gasteiger partial charge in [-0.3, -0.25) is 9.69 Å². The molecule has 1 amide bonds. The summed E-state index contributed by atoms with van der Waals surface area (Å²) in [7, 11) is 3.24. The summed E-state index contributed by atoms with van der Waals surface area (Å²) in [6.45, 7) is 2.61. The monoisotopic (exact) mass is 356 g/mol. The number of rotatable bonds is 5. The zero-order valence-corrected chi connectivity index (χ0v) is 15.3. The Labute approximate surface area is 152 Å². The lowest BCUT2D eigenvalue weighted by atomic mass is 10.0. The number of thiocarbonyl (C=S) groups is 1. The molecule has 0 atom stereocenters. The number of methoxy groups -OCH3 is 2. The molecule has 0 spiro atoms. The van der Waals surface area contributed by atoms with Gasteiger partial charge >= 0.3 is 0 Å². The fraction of sp³-hybridized carbons (Fsp3) is 0.263. The fourth-order valence-electron chi connectivity index (χ4n) is 2.90. The van der Waals surface area contributed by atoms with Gasteiger partial charge in [0, 0.05) is 12.1 Å². The minimum Gasteiger partial charge on any atom is -0.497 e. The smallest absolute Gasteiger partial charge is 0.276 e. The van der Waals surface area contributed by atoms with Crippen LogP contribution in [0.3, 0.4) is 0 Å². The third-order valence-corrected chi connectivity index (χ3v) is 4.47. The highest BCUT2D eigenvalue weighted by molar-refractivity contribution is 7.80. The summed E-state index contributed by atoms with van der Waals surface area (Å²) < 4.78 is 10.8. The number of hydrogen-bond acceptors (Lipinski definition) is 4. The lowest BCUT2D eigenvalue weighted by Crippen LogP contribution is -2.31. The van der Waals surface area contributed by atoms with Crippen LogP contribution in [0.15, 0.2) is 36.0 Å². The van der Waals surface area contributed by atoms with Crippen LogP contribution in [0.25, 0.3) is 16.8 Å². The van der Waals surface area contributed by atoms with Crippen LogP contribution >= 0.6 is 12.2 Å². The first-order valence-corrected chi connectivity index (χ1v) is 8.49. The minimum atomic E-state index is -0.117. The maximum Gasteiger partial charge on any atom is 0.276 e. The molecule has 5 nitrogen and oxygen atoms in total. The Kier molecular flexibility index (Phi) is 4.90. The average molecular weight is 356 g/mol. The van der Waals surface area contributed by atoms with E-state index >= 15 is 0 Å². The quantitative estimate of drug-likeness (QED) is 0.658. The van der Waals surface area contributed by atoms with Crippen LogP contribution in [0.5, 0.6) is 11.5 Å². The number of benzene rings is 2. The molecule has 3 rings (SSSR count). The van der Waals surface area contributed by atoms with Gasteiger partial charge in [-0.05, 0) is 53.7 Å². The SMILES string of the molecule is CCCN1C(=O)C(=Cc2c(OC)ccc3ccc(OC)cc23)NC1=S. The summed E-state index contributed by atoms with van der Waals surface area (Å²) in [5.74, 6) is 1.31. The van der Waals surface area contributed by atoms with Gasteiger partial charge in [-0.15, -0.1) is 0 Å². The summed E-state index contributed by atoms with van der Waals surface area (Å²) in [5, 5.41) is 5.43. The van der Waals surface area contributed by atoms with Crippen molar-refractivity contribution in [3.8, 4) is 11.5 Å². The molecule has 1 aliphatic heterocycles. The van der Waals surface area contributed by atoms with E-state index in [1.807, 2.05) is 37.3 Å². The lowest BCUT2D eigenvalue weighted by Gasteiger charge is -2.12. The Bertz CT molecular complexity index is 871. The van der Waals surface area contributed by atoms with Crippen LogP contribution in [-0.4, -0.2) is 36.7 Å². The predicted octanol–water partition coefficient (Wildman–Crippen LogP) is 3.32. The number of carbonyl (C=O) groups excluding carboxylic acids is 1. The third kappa shape index (κ3) is 3.17. The molecular weight excluding hydrogens is 336 g/mol. The number of nitrogens with zero attached hydrogens (tertiary/aromatic N) is 1. The standard InChI is InChI=1S/C19H20N2O3S/c1-4-9-21-18(22)16(20-19(21)25)11-15-14-10-13(23-2)7-5-12(14)6-8-17(15)24-3/h5-8,10-11H,4,9H2,1-3H3,(H,20,25). The second kappa shape index (κ2) is 7.11. The van der Waals surface area contributed by atoms with Crippen molar-refractivity contribution in [3.63, 3.8) is 0 Å².